The van der Waals surface area contributed by atoms with Gasteiger partial charge in [0, 0.05) is 25.0 Å². The van der Waals surface area contributed by atoms with E-state index in [1.54, 1.807) is 11.3 Å². The molecular formula is C13H25N3S. The van der Waals surface area contributed by atoms with Crippen LogP contribution in [-0.4, -0.2) is 25.1 Å². The number of thiazole rings is 1. The van der Waals surface area contributed by atoms with Gasteiger partial charge in [-0.1, -0.05) is 20.3 Å². The molecule has 1 unspecified atom stereocenters. The molecule has 1 N–H and O–H groups in total. The molecule has 1 aromatic rings. The minimum atomic E-state index is 0.361. The van der Waals surface area contributed by atoms with Crippen LogP contribution in [0.4, 0.5) is 5.13 Å². The molecule has 0 aliphatic heterocycles. The summed E-state index contributed by atoms with van der Waals surface area (Å²) in [7, 11) is 2.13. The van der Waals surface area contributed by atoms with Gasteiger partial charge in [0.25, 0.3) is 0 Å². The second kappa shape index (κ2) is 7.67. The van der Waals surface area contributed by atoms with Gasteiger partial charge in [0.05, 0.1) is 5.69 Å². The molecule has 0 bridgehead atoms. The molecule has 4 heteroatoms. The molecule has 0 fully saturated rings. The molecule has 0 saturated heterocycles. The Hall–Kier alpha value is -0.610. The van der Waals surface area contributed by atoms with E-state index < -0.39 is 0 Å². The lowest BCUT2D eigenvalue weighted by Crippen LogP contribution is -2.21. The van der Waals surface area contributed by atoms with Crippen LogP contribution in [0.2, 0.25) is 0 Å². The molecule has 98 valence electrons. The van der Waals surface area contributed by atoms with Crippen molar-refractivity contribution in [2.45, 2.75) is 46.1 Å². The first kappa shape index (κ1) is 14.5. The molecule has 0 aliphatic carbocycles. The van der Waals surface area contributed by atoms with Crippen LogP contribution in [0.5, 0.6) is 0 Å². The molecule has 0 aromatic carbocycles. The lowest BCUT2D eigenvalue weighted by molar-refractivity contribution is 0.560. The number of hydrogen-bond acceptors (Lipinski definition) is 4. The Morgan fingerprint density at radius 3 is 2.82 bits per heavy atom. The molecule has 3 nitrogen and oxygen atoms in total. The summed E-state index contributed by atoms with van der Waals surface area (Å²) in [5.41, 5.74) is 1.17. The summed E-state index contributed by atoms with van der Waals surface area (Å²) in [6, 6.07) is 0.361. The van der Waals surface area contributed by atoms with E-state index in [0.717, 1.165) is 24.6 Å². The third-order valence-electron chi connectivity index (χ3n) is 2.83. The van der Waals surface area contributed by atoms with E-state index in [9.17, 15) is 0 Å². The average molecular weight is 255 g/mol. The summed E-state index contributed by atoms with van der Waals surface area (Å²) >= 11 is 1.74. The van der Waals surface area contributed by atoms with Crippen molar-refractivity contribution in [3.8, 4) is 0 Å². The fraction of sp³-hybridized carbons (Fsp3) is 0.769. The lowest BCUT2D eigenvalue weighted by atomic mass is 10.2. The van der Waals surface area contributed by atoms with E-state index in [1.807, 2.05) is 0 Å². The molecule has 1 aromatic heterocycles. The first-order valence-corrected chi connectivity index (χ1v) is 7.46. The molecule has 0 saturated carbocycles. The Labute approximate surface area is 109 Å². The predicted molar refractivity (Wildman–Crippen MR) is 77.0 cm³/mol. The summed E-state index contributed by atoms with van der Waals surface area (Å²) in [6.45, 7) is 8.74. The highest BCUT2D eigenvalue weighted by Crippen LogP contribution is 2.23. The minimum Gasteiger partial charge on any atom is -0.351 e. The molecule has 0 spiro atoms. The van der Waals surface area contributed by atoms with Crippen molar-refractivity contribution in [1.82, 2.24) is 10.3 Å². The zero-order valence-corrected chi connectivity index (χ0v) is 12.3. The van der Waals surface area contributed by atoms with Crippen molar-refractivity contribution in [3.05, 3.63) is 11.1 Å². The first-order chi connectivity index (χ1) is 8.19. The van der Waals surface area contributed by atoms with Crippen LogP contribution in [0.25, 0.3) is 0 Å². The topological polar surface area (TPSA) is 28.2 Å². The predicted octanol–water partition coefficient (Wildman–Crippen LogP) is 3.44. The maximum absolute atomic E-state index is 4.70. The SMILES string of the molecule is CCCCN(C)c1nc(C(C)NCCC)cs1. The average Bonchev–Trinajstić information content (AvgIpc) is 2.82. The maximum Gasteiger partial charge on any atom is 0.185 e. The third-order valence-corrected chi connectivity index (χ3v) is 3.80. The fourth-order valence-corrected chi connectivity index (χ4v) is 2.52. The van der Waals surface area contributed by atoms with Gasteiger partial charge in [0.1, 0.15) is 0 Å². The van der Waals surface area contributed by atoms with Gasteiger partial charge in [-0.25, -0.2) is 4.98 Å². The summed E-state index contributed by atoms with van der Waals surface area (Å²) < 4.78 is 0. The van der Waals surface area contributed by atoms with Crippen molar-refractivity contribution in [1.29, 1.82) is 0 Å². The van der Waals surface area contributed by atoms with Crippen LogP contribution in [0, 0.1) is 0 Å². The molecular weight excluding hydrogens is 230 g/mol. The van der Waals surface area contributed by atoms with Gasteiger partial charge in [-0.3, -0.25) is 0 Å². The summed E-state index contributed by atoms with van der Waals surface area (Å²) in [4.78, 5) is 6.95. The Balaban J connectivity index is 2.51. The van der Waals surface area contributed by atoms with Crippen molar-refractivity contribution < 1.29 is 0 Å². The van der Waals surface area contributed by atoms with Gasteiger partial charge in [0.15, 0.2) is 5.13 Å². The fourth-order valence-electron chi connectivity index (χ4n) is 1.61. The largest absolute Gasteiger partial charge is 0.351 e. The van der Waals surface area contributed by atoms with Crippen LogP contribution >= 0.6 is 11.3 Å². The second-order valence-corrected chi connectivity index (χ2v) is 5.34. The standard InChI is InChI=1S/C13H25N3S/c1-5-7-9-16(4)13-15-12(10-17-13)11(3)14-8-6-2/h10-11,14H,5-9H2,1-4H3. The van der Waals surface area contributed by atoms with E-state index in [2.05, 4.69) is 43.4 Å². The molecule has 0 aliphatic rings. The molecule has 17 heavy (non-hydrogen) atoms. The summed E-state index contributed by atoms with van der Waals surface area (Å²) in [5.74, 6) is 0. The molecule has 1 atom stereocenters. The summed E-state index contributed by atoms with van der Waals surface area (Å²) in [6.07, 6.45) is 3.63. The number of hydrogen-bond donors (Lipinski definition) is 1. The smallest absolute Gasteiger partial charge is 0.185 e. The van der Waals surface area contributed by atoms with Gasteiger partial charge in [-0.15, -0.1) is 11.3 Å². The quantitative estimate of drug-likeness (QED) is 0.771. The normalized spacial score (nSPS) is 12.7. The highest BCUT2D eigenvalue weighted by molar-refractivity contribution is 7.13. The number of nitrogens with one attached hydrogen (secondary N) is 1. The molecule has 0 radical (unpaired) electrons. The van der Waals surface area contributed by atoms with E-state index in [-0.39, 0.29) is 0 Å². The van der Waals surface area contributed by atoms with Crippen LogP contribution in [0.15, 0.2) is 5.38 Å². The Kier molecular flexibility index (Phi) is 6.52. The molecule has 1 rings (SSSR count). The second-order valence-electron chi connectivity index (χ2n) is 4.51. The lowest BCUT2D eigenvalue weighted by Gasteiger charge is -2.15. The Bertz CT molecular complexity index is 283. The van der Waals surface area contributed by atoms with Crippen LogP contribution in [0.1, 0.15) is 51.8 Å². The zero-order chi connectivity index (χ0) is 12.7. The summed E-state index contributed by atoms with van der Waals surface area (Å²) in [5, 5.41) is 6.78. The number of unbranched alkanes of at least 4 members (excludes halogenated alkanes) is 1. The number of rotatable bonds is 8. The maximum atomic E-state index is 4.70. The van der Waals surface area contributed by atoms with E-state index in [4.69, 9.17) is 4.98 Å². The van der Waals surface area contributed by atoms with Crippen molar-refractivity contribution in [2.75, 3.05) is 25.0 Å². The van der Waals surface area contributed by atoms with Gasteiger partial charge in [-0.2, -0.15) is 0 Å². The third kappa shape index (κ3) is 4.64. The van der Waals surface area contributed by atoms with Crippen LogP contribution in [-0.2, 0) is 0 Å². The Morgan fingerprint density at radius 2 is 2.18 bits per heavy atom. The Morgan fingerprint density at radius 1 is 1.41 bits per heavy atom. The van der Waals surface area contributed by atoms with Gasteiger partial charge >= 0.3 is 0 Å². The van der Waals surface area contributed by atoms with Crippen molar-refractivity contribution in [2.24, 2.45) is 0 Å². The van der Waals surface area contributed by atoms with Gasteiger partial charge in [-0.05, 0) is 26.3 Å². The highest BCUT2D eigenvalue weighted by Gasteiger charge is 2.11. The molecule has 0 amide bonds. The van der Waals surface area contributed by atoms with Crippen molar-refractivity contribution in [3.63, 3.8) is 0 Å². The monoisotopic (exact) mass is 255 g/mol. The minimum absolute atomic E-state index is 0.361. The van der Waals surface area contributed by atoms with Gasteiger partial charge in [0.2, 0.25) is 0 Å². The van der Waals surface area contributed by atoms with E-state index >= 15 is 0 Å². The number of nitrogens with zero attached hydrogens (tertiary/aromatic N) is 2. The van der Waals surface area contributed by atoms with E-state index in [1.165, 1.54) is 18.5 Å². The van der Waals surface area contributed by atoms with Crippen LogP contribution < -0.4 is 10.2 Å². The van der Waals surface area contributed by atoms with E-state index in [0.29, 0.717) is 6.04 Å². The molecule has 1 heterocycles. The highest BCUT2D eigenvalue weighted by atomic mass is 32.1. The zero-order valence-electron chi connectivity index (χ0n) is 11.5. The van der Waals surface area contributed by atoms with Crippen molar-refractivity contribution >= 4 is 16.5 Å². The number of anilines is 1. The number of aromatic nitrogens is 1. The van der Waals surface area contributed by atoms with Gasteiger partial charge < -0.3 is 10.2 Å². The van der Waals surface area contributed by atoms with Crippen LogP contribution in [0.3, 0.4) is 0 Å². The first-order valence-electron chi connectivity index (χ1n) is 6.59.